The van der Waals surface area contributed by atoms with Crippen molar-refractivity contribution in [2.75, 3.05) is 0 Å². The molecule has 2 rings (SSSR count). The summed E-state index contributed by atoms with van der Waals surface area (Å²) < 4.78 is 0. The first-order valence-electron chi connectivity index (χ1n) is 16.0. The summed E-state index contributed by atoms with van der Waals surface area (Å²) in [6.45, 7) is 21.3. The summed E-state index contributed by atoms with van der Waals surface area (Å²) in [7, 11) is 0. The maximum atomic E-state index is 13.5. The molecule has 0 bridgehead atoms. The van der Waals surface area contributed by atoms with E-state index in [0.29, 0.717) is 24.2 Å². The largest absolute Gasteiger partial charge is 0.300 e. The smallest absolute Gasteiger partial charge is 0.163 e. The van der Waals surface area contributed by atoms with Gasteiger partial charge in [-0.3, -0.25) is 14.4 Å². The number of benzene rings is 1. The van der Waals surface area contributed by atoms with Crippen molar-refractivity contribution in [2.45, 2.75) is 140 Å². The first kappa shape index (κ1) is 35.3. The lowest BCUT2D eigenvalue weighted by Gasteiger charge is -2.33. The molecule has 3 atom stereocenters. The number of aryl methyl sites for hydroxylation is 1. The summed E-state index contributed by atoms with van der Waals surface area (Å²) in [5.74, 6) is 2.72. The second-order valence-electron chi connectivity index (χ2n) is 13.3. The Bertz CT molecular complexity index is 900. The number of carbonyl (C=O) groups excluding carboxylic acids is 3. The van der Waals surface area contributed by atoms with Crippen LogP contribution in [-0.4, -0.2) is 17.3 Å². The van der Waals surface area contributed by atoms with Gasteiger partial charge in [-0.05, 0) is 98.7 Å². The van der Waals surface area contributed by atoms with Gasteiger partial charge in [0.2, 0.25) is 0 Å². The van der Waals surface area contributed by atoms with Crippen molar-refractivity contribution in [1.82, 2.24) is 0 Å². The second kappa shape index (κ2) is 17.8. The van der Waals surface area contributed by atoms with Crippen LogP contribution in [0.1, 0.15) is 147 Å². The predicted molar refractivity (Wildman–Crippen MR) is 166 cm³/mol. The molecule has 0 amide bonds. The van der Waals surface area contributed by atoms with Gasteiger partial charge in [-0.2, -0.15) is 0 Å². The average molecular weight is 541 g/mol. The molecule has 1 aliphatic rings. The van der Waals surface area contributed by atoms with Crippen LogP contribution in [-0.2, 0) is 22.4 Å². The minimum Gasteiger partial charge on any atom is -0.300 e. The highest BCUT2D eigenvalue weighted by Crippen LogP contribution is 2.38. The van der Waals surface area contributed by atoms with E-state index in [0.717, 1.165) is 49.7 Å². The number of rotatable bonds is 15. The third-order valence-electron chi connectivity index (χ3n) is 8.12. The molecule has 0 N–H and O–H groups in total. The lowest BCUT2D eigenvalue weighted by Crippen LogP contribution is -2.30. The first-order valence-corrected chi connectivity index (χ1v) is 16.0. The Morgan fingerprint density at radius 1 is 0.949 bits per heavy atom. The standard InChI is InChI=1S/C33H52O3.C3H8/c1-9-11-27(29(10-2)31(35)16-24(8)34)18-26-19-30-28(13-12-23(7)33(30)32(36)20-26)17-25(14-21(3)4)15-22(5)6;1-3-2/h12-13,21-22,25-27,29H,9-11,14-20H2,1-8H3;3H2,1-2H3. The molecule has 39 heavy (non-hydrogen) atoms. The van der Waals surface area contributed by atoms with Gasteiger partial charge in [0.1, 0.15) is 11.6 Å². The van der Waals surface area contributed by atoms with E-state index in [1.165, 1.54) is 37.3 Å². The van der Waals surface area contributed by atoms with Crippen LogP contribution in [0.3, 0.4) is 0 Å². The summed E-state index contributed by atoms with van der Waals surface area (Å²) >= 11 is 0. The van der Waals surface area contributed by atoms with Gasteiger partial charge in [0.25, 0.3) is 0 Å². The molecule has 1 aromatic rings. The van der Waals surface area contributed by atoms with E-state index in [1.54, 1.807) is 0 Å². The third kappa shape index (κ3) is 11.7. The van der Waals surface area contributed by atoms with Crippen LogP contribution >= 0.6 is 0 Å². The first-order chi connectivity index (χ1) is 18.4. The molecule has 0 aromatic heterocycles. The van der Waals surface area contributed by atoms with Crippen LogP contribution in [0.4, 0.5) is 0 Å². The van der Waals surface area contributed by atoms with Crippen LogP contribution < -0.4 is 0 Å². The zero-order chi connectivity index (χ0) is 29.7. The summed E-state index contributed by atoms with van der Waals surface area (Å²) in [4.78, 5) is 38.0. The van der Waals surface area contributed by atoms with E-state index < -0.39 is 0 Å². The predicted octanol–water partition coefficient (Wildman–Crippen LogP) is 9.79. The average Bonchev–Trinajstić information content (AvgIpc) is 2.80. The van der Waals surface area contributed by atoms with Crippen molar-refractivity contribution >= 4 is 17.3 Å². The number of carbonyl (C=O) groups is 3. The Balaban J connectivity index is 0.00000242. The zero-order valence-electron chi connectivity index (χ0n) is 27.1. The number of hydrogen-bond donors (Lipinski definition) is 0. The van der Waals surface area contributed by atoms with Gasteiger partial charge in [0.05, 0.1) is 6.42 Å². The van der Waals surface area contributed by atoms with E-state index in [2.05, 4.69) is 74.4 Å². The van der Waals surface area contributed by atoms with Crippen molar-refractivity contribution in [3.05, 3.63) is 34.4 Å². The van der Waals surface area contributed by atoms with Crippen molar-refractivity contribution in [3.8, 4) is 0 Å². The van der Waals surface area contributed by atoms with Crippen LogP contribution in [0.25, 0.3) is 0 Å². The number of fused-ring (bicyclic) bond motifs is 1. The van der Waals surface area contributed by atoms with Gasteiger partial charge in [0, 0.05) is 17.9 Å². The van der Waals surface area contributed by atoms with E-state index in [1.807, 2.05) is 0 Å². The maximum Gasteiger partial charge on any atom is 0.163 e. The molecule has 0 saturated heterocycles. The molecular weight excluding hydrogens is 480 g/mol. The van der Waals surface area contributed by atoms with Crippen molar-refractivity contribution < 1.29 is 14.4 Å². The quantitative estimate of drug-likeness (QED) is 0.208. The number of Topliss-reactive ketones (excluding diaryl/α,β-unsaturated/α-hetero) is 3. The highest BCUT2D eigenvalue weighted by Gasteiger charge is 2.34. The molecule has 222 valence electrons. The molecule has 0 fully saturated rings. The van der Waals surface area contributed by atoms with Gasteiger partial charge in [-0.1, -0.05) is 86.8 Å². The van der Waals surface area contributed by atoms with Crippen molar-refractivity contribution in [1.29, 1.82) is 0 Å². The SMILES string of the molecule is CCC.CCCC(CC1CC(=O)c2c(C)ccc(CC(CC(C)C)CC(C)C)c2C1)C(CC)C(=O)CC(C)=O. The van der Waals surface area contributed by atoms with E-state index in [9.17, 15) is 14.4 Å². The zero-order valence-corrected chi connectivity index (χ0v) is 27.1. The summed E-state index contributed by atoms with van der Waals surface area (Å²) in [6, 6.07) is 4.44. The Morgan fingerprint density at radius 2 is 1.54 bits per heavy atom. The normalized spacial score (nSPS) is 16.6. The fourth-order valence-electron chi connectivity index (χ4n) is 6.90. The minimum absolute atomic E-state index is 0.0432. The van der Waals surface area contributed by atoms with Gasteiger partial charge in [0.15, 0.2) is 5.78 Å². The lowest BCUT2D eigenvalue weighted by atomic mass is 9.70. The van der Waals surface area contributed by atoms with Gasteiger partial charge in [-0.15, -0.1) is 0 Å². The van der Waals surface area contributed by atoms with E-state index >= 15 is 0 Å². The molecular formula is C36H60O3. The van der Waals surface area contributed by atoms with E-state index in [-0.39, 0.29) is 41.5 Å². The molecule has 0 radical (unpaired) electrons. The van der Waals surface area contributed by atoms with Crippen LogP contribution in [0.2, 0.25) is 0 Å². The molecule has 0 spiro atoms. The van der Waals surface area contributed by atoms with E-state index in [4.69, 9.17) is 0 Å². The Labute approximate surface area is 241 Å². The molecule has 0 aliphatic heterocycles. The highest BCUT2D eigenvalue weighted by molar-refractivity contribution is 6.00. The minimum atomic E-state index is -0.0798. The molecule has 3 nitrogen and oxygen atoms in total. The van der Waals surface area contributed by atoms with Gasteiger partial charge >= 0.3 is 0 Å². The maximum absolute atomic E-state index is 13.5. The summed E-state index contributed by atoms with van der Waals surface area (Å²) in [5, 5.41) is 0. The molecule has 1 aromatic carbocycles. The van der Waals surface area contributed by atoms with Gasteiger partial charge < -0.3 is 0 Å². The number of ketones is 3. The fraction of sp³-hybridized carbons (Fsp3) is 0.750. The number of hydrogen-bond acceptors (Lipinski definition) is 3. The Hall–Kier alpha value is -1.77. The molecule has 3 unspecified atom stereocenters. The van der Waals surface area contributed by atoms with Crippen molar-refractivity contribution in [2.24, 2.45) is 35.5 Å². The van der Waals surface area contributed by atoms with Crippen LogP contribution in [0.15, 0.2) is 12.1 Å². The summed E-state index contributed by atoms with van der Waals surface area (Å²) in [5.41, 5.74) is 4.73. The van der Waals surface area contributed by atoms with Crippen LogP contribution in [0.5, 0.6) is 0 Å². The third-order valence-corrected chi connectivity index (χ3v) is 8.12. The molecule has 0 heterocycles. The highest BCUT2D eigenvalue weighted by atomic mass is 16.1. The monoisotopic (exact) mass is 540 g/mol. The van der Waals surface area contributed by atoms with Crippen molar-refractivity contribution in [3.63, 3.8) is 0 Å². The Kier molecular flexibility index (Phi) is 16.1. The lowest BCUT2D eigenvalue weighted by molar-refractivity contribution is -0.129. The molecule has 3 heteroatoms. The second-order valence-corrected chi connectivity index (χ2v) is 13.3. The Morgan fingerprint density at radius 3 is 2.03 bits per heavy atom. The molecule has 0 saturated carbocycles. The molecule has 1 aliphatic carbocycles. The van der Waals surface area contributed by atoms with Gasteiger partial charge in [-0.25, -0.2) is 0 Å². The summed E-state index contributed by atoms with van der Waals surface area (Å²) in [6.07, 6.45) is 9.95. The topological polar surface area (TPSA) is 51.2 Å². The fourth-order valence-corrected chi connectivity index (χ4v) is 6.90. The van der Waals surface area contributed by atoms with Crippen LogP contribution in [0, 0.1) is 42.4 Å².